The lowest BCUT2D eigenvalue weighted by Gasteiger charge is -2.12. The predicted octanol–water partition coefficient (Wildman–Crippen LogP) is 4.51. The van der Waals surface area contributed by atoms with Gasteiger partial charge in [0.05, 0.1) is 14.2 Å². The molecule has 0 aliphatic rings. The largest absolute Gasteiger partial charge is 0.493 e. The van der Waals surface area contributed by atoms with E-state index in [4.69, 9.17) is 18.9 Å². The molecule has 0 unspecified atom stereocenters. The van der Waals surface area contributed by atoms with E-state index in [9.17, 15) is 4.79 Å². The molecule has 28 heavy (non-hydrogen) atoms. The van der Waals surface area contributed by atoms with Crippen LogP contribution in [0.3, 0.4) is 0 Å². The zero-order valence-electron chi connectivity index (χ0n) is 15.7. The van der Waals surface area contributed by atoms with Crippen molar-refractivity contribution in [3.8, 4) is 28.7 Å². The highest BCUT2D eigenvalue weighted by molar-refractivity contribution is 5.91. The van der Waals surface area contributed by atoms with E-state index in [1.165, 1.54) is 0 Å². The molecule has 144 valence electrons. The minimum atomic E-state index is -0.274. The summed E-state index contributed by atoms with van der Waals surface area (Å²) < 4.78 is 21.8. The van der Waals surface area contributed by atoms with Crippen molar-refractivity contribution in [2.45, 2.75) is 0 Å². The van der Waals surface area contributed by atoms with E-state index >= 15 is 0 Å². The van der Waals surface area contributed by atoms with Crippen LogP contribution in [0.15, 0.2) is 72.8 Å². The molecule has 6 heteroatoms. The number of carbonyl (C=O) groups excluding carboxylic acids is 1. The van der Waals surface area contributed by atoms with Gasteiger partial charge in [-0.05, 0) is 48.5 Å². The minimum Gasteiger partial charge on any atom is -0.493 e. The second-order valence-corrected chi connectivity index (χ2v) is 5.77. The number of hydrogen-bond acceptors (Lipinski definition) is 5. The molecule has 0 bridgehead atoms. The molecule has 0 fully saturated rings. The van der Waals surface area contributed by atoms with Gasteiger partial charge in [0.2, 0.25) is 0 Å². The van der Waals surface area contributed by atoms with Gasteiger partial charge < -0.3 is 24.3 Å². The fourth-order valence-corrected chi connectivity index (χ4v) is 2.51. The van der Waals surface area contributed by atoms with Crippen LogP contribution in [0.2, 0.25) is 0 Å². The van der Waals surface area contributed by atoms with Crippen LogP contribution in [-0.4, -0.2) is 26.7 Å². The summed E-state index contributed by atoms with van der Waals surface area (Å²) in [6, 6.07) is 21.6. The van der Waals surface area contributed by atoms with Gasteiger partial charge in [-0.1, -0.05) is 24.3 Å². The van der Waals surface area contributed by atoms with E-state index in [2.05, 4.69) is 5.32 Å². The zero-order valence-corrected chi connectivity index (χ0v) is 15.7. The lowest BCUT2D eigenvalue weighted by molar-refractivity contribution is -0.118. The summed E-state index contributed by atoms with van der Waals surface area (Å²) in [5.41, 5.74) is 0.640. The quantitative estimate of drug-likeness (QED) is 0.624. The van der Waals surface area contributed by atoms with Crippen LogP contribution < -0.4 is 24.3 Å². The van der Waals surface area contributed by atoms with E-state index in [-0.39, 0.29) is 12.5 Å². The Kier molecular flexibility index (Phi) is 6.36. The Morgan fingerprint density at radius 2 is 1.29 bits per heavy atom. The van der Waals surface area contributed by atoms with Crippen molar-refractivity contribution in [3.63, 3.8) is 0 Å². The smallest absolute Gasteiger partial charge is 0.262 e. The summed E-state index contributed by atoms with van der Waals surface area (Å²) in [4.78, 5) is 12.1. The SMILES string of the molecule is COc1ccccc1OCC(=O)Nc1ccc(Oc2ccccc2OC)cc1. The Morgan fingerprint density at radius 1 is 0.750 bits per heavy atom. The molecule has 0 saturated heterocycles. The summed E-state index contributed by atoms with van der Waals surface area (Å²) in [5.74, 6) is 2.71. The van der Waals surface area contributed by atoms with Gasteiger partial charge in [0.1, 0.15) is 5.75 Å². The number of hydrogen-bond donors (Lipinski definition) is 1. The van der Waals surface area contributed by atoms with Crippen LogP contribution in [0, 0.1) is 0 Å². The van der Waals surface area contributed by atoms with Crippen LogP contribution in [0.1, 0.15) is 0 Å². The number of carbonyl (C=O) groups is 1. The van der Waals surface area contributed by atoms with Crippen molar-refractivity contribution < 1.29 is 23.7 Å². The molecule has 1 amide bonds. The second-order valence-electron chi connectivity index (χ2n) is 5.77. The first-order chi connectivity index (χ1) is 13.7. The van der Waals surface area contributed by atoms with Gasteiger partial charge in [-0.25, -0.2) is 0 Å². The Hall–Kier alpha value is -3.67. The van der Waals surface area contributed by atoms with Crippen LogP contribution in [-0.2, 0) is 4.79 Å². The summed E-state index contributed by atoms with van der Waals surface area (Å²) >= 11 is 0. The number of methoxy groups -OCH3 is 2. The molecular weight excluding hydrogens is 358 g/mol. The van der Waals surface area contributed by atoms with E-state index in [1.54, 1.807) is 50.6 Å². The molecule has 3 rings (SSSR count). The molecule has 1 N–H and O–H groups in total. The minimum absolute atomic E-state index is 0.125. The van der Waals surface area contributed by atoms with Crippen LogP contribution in [0.4, 0.5) is 5.69 Å². The maximum atomic E-state index is 12.1. The Labute approximate surface area is 163 Å². The third kappa shape index (κ3) is 4.94. The van der Waals surface area contributed by atoms with E-state index < -0.39 is 0 Å². The van der Waals surface area contributed by atoms with E-state index in [0.717, 1.165) is 0 Å². The predicted molar refractivity (Wildman–Crippen MR) is 107 cm³/mol. The van der Waals surface area contributed by atoms with Crippen molar-refractivity contribution in [1.29, 1.82) is 0 Å². The number of para-hydroxylation sites is 4. The highest BCUT2D eigenvalue weighted by Gasteiger charge is 2.08. The number of anilines is 1. The highest BCUT2D eigenvalue weighted by atomic mass is 16.5. The molecule has 0 spiro atoms. The van der Waals surface area contributed by atoms with Crippen LogP contribution in [0.5, 0.6) is 28.7 Å². The monoisotopic (exact) mass is 379 g/mol. The van der Waals surface area contributed by atoms with Gasteiger partial charge >= 0.3 is 0 Å². The fourth-order valence-electron chi connectivity index (χ4n) is 2.51. The summed E-state index contributed by atoms with van der Waals surface area (Å²) in [7, 11) is 3.14. The molecule has 3 aromatic carbocycles. The zero-order chi connectivity index (χ0) is 19.8. The molecule has 3 aromatic rings. The Bertz CT molecular complexity index is 924. The number of amides is 1. The van der Waals surface area contributed by atoms with Gasteiger partial charge in [0.25, 0.3) is 5.91 Å². The topological polar surface area (TPSA) is 66.0 Å². The molecule has 0 heterocycles. The van der Waals surface area contributed by atoms with Gasteiger partial charge in [-0.3, -0.25) is 4.79 Å². The lowest BCUT2D eigenvalue weighted by Crippen LogP contribution is -2.20. The van der Waals surface area contributed by atoms with E-state index in [1.807, 2.05) is 36.4 Å². The average Bonchev–Trinajstić information content (AvgIpc) is 2.74. The Morgan fingerprint density at radius 3 is 1.89 bits per heavy atom. The van der Waals surface area contributed by atoms with Gasteiger partial charge in [0.15, 0.2) is 29.6 Å². The van der Waals surface area contributed by atoms with Crippen molar-refractivity contribution in [2.24, 2.45) is 0 Å². The van der Waals surface area contributed by atoms with Gasteiger partial charge in [0, 0.05) is 5.69 Å². The maximum absolute atomic E-state index is 12.1. The molecule has 0 aliphatic carbocycles. The van der Waals surface area contributed by atoms with Crippen molar-refractivity contribution >= 4 is 11.6 Å². The second kappa shape index (κ2) is 9.32. The molecule has 0 atom stereocenters. The molecule has 0 aromatic heterocycles. The number of nitrogens with one attached hydrogen (secondary N) is 1. The molecule has 0 radical (unpaired) electrons. The number of ether oxygens (including phenoxy) is 4. The Balaban J connectivity index is 1.56. The highest BCUT2D eigenvalue weighted by Crippen LogP contribution is 2.31. The molecule has 0 aliphatic heterocycles. The van der Waals surface area contributed by atoms with Crippen molar-refractivity contribution in [1.82, 2.24) is 0 Å². The molecule has 0 saturated carbocycles. The summed E-state index contributed by atoms with van der Waals surface area (Å²) in [6.45, 7) is -0.125. The molecular formula is C22H21NO5. The van der Waals surface area contributed by atoms with Gasteiger partial charge in [-0.2, -0.15) is 0 Å². The lowest BCUT2D eigenvalue weighted by atomic mass is 10.3. The van der Waals surface area contributed by atoms with Crippen LogP contribution in [0.25, 0.3) is 0 Å². The first kappa shape index (κ1) is 19.1. The average molecular weight is 379 g/mol. The fraction of sp³-hybridized carbons (Fsp3) is 0.136. The standard InChI is InChI=1S/C22H21NO5/c1-25-18-7-3-5-9-20(18)27-15-22(24)23-16-11-13-17(14-12-16)28-21-10-6-4-8-19(21)26-2/h3-14H,15H2,1-2H3,(H,23,24). The molecule has 6 nitrogen and oxygen atoms in total. The normalized spacial score (nSPS) is 10.1. The maximum Gasteiger partial charge on any atom is 0.262 e. The summed E-state index contributed by atoms with van der Waals surface area (Å²) in [5, 5.41) is 2.78. The summed E-state index contributed by atoms with van der Waals surface area (Å²) in [6.07, 6.45) is 0. The number of rotatable bonds is 8. The van der Waals surface area contributed by atoms with E-state index in [0.29, 0.717) is 34.4 Å². The van der Waals surface area contributed by atoms with Crippen LogP contribution >= 0.6 is 0 Å². The van der Waals surface area contributed by atoms with Gasteiger partial charge in [-0.15, -0.1) is 0 Å². The third-order valence-corrected chi connectivity index (χ3v) is 3.86. The number of benzene rings is 3. The first-order valence-electron chi connectivity index (χ1n) is 8.66. The third-order valence-electron chi connectivity index (χ3n) is 3.86. The van der Waals surface area contributed by atoms with Crippen molar-refractivity contribution in [2.75, 3.05) is 26.1 Å². The first-order valence-corrected chi connectivity index (χ1v) is 8.66. The van der Waals surface area contributed by atoms with Crippen molar-refractivity contribution in [3.05, 3.63) is 72.8 Å².